The van der Waals surface area contributed by atoms with Gasteiger partial charge in [0.05, 0.1) is 5.92 Å². The zero-order valence-electron chi connectivity index (χ0n) is 16.3. The Morgan fingerprint density at radius 2 is 1.59 bits per heavy atom. The summed E-state index contributed by atoms with van der Waals surface area (Å²) in [6.45, 7) is 5.42. The minimum Gasteiger partial charge on any atom is -0.481 e. The Morgan fingerprint density at radius 1 is 0.963 bits per heavy atom. The molecule has 0 amide bonds. The van der Waals surface area contributed by atoms with Gasteiger partial charge in [-0.2, -0.15) is 0 Å². The molecule has 2 aromatic carbocycles. The molecule has 4 heteroatoms. The van der Waals surface area contributed by atoms with Gasteiger partial charge in [-0.3, -0.25) is 9.59 Å². The van der Waals surface area contributed by atoms with E-state index >= 15 is 0 Å². The Bertz CT molecular complexity index is 759. The highest BCUT2D eigenvalue weighted by molar-refractivity contribution is 5.73. The molecule has 0 saturated heterocycles. The maximum absolute atomic E-state index is 11.9. The van der Waals surface area contributed by atoms with Gasteiger partial charge in [-0.05, 0) is 56.7 Å². The van der Waals surface area contributed by atoms with Crippen molar-refractivity contribution >= 4 is 11.9 Å². The zero-order valence-corrected chi connectivity index (χ0v) is 16.3. The number of rotatable bonds is 8. The quantitative estimate of drug-likeness (QED) is 0.658. The second kappa shape index (κ2) is 9.36. The molecular formula is C23H28O4. The van der Waals surface area contributed by atoms with Gasteiger partial charge in [-0.1, -0.05) is 54.6 Å². The lowest BCUT2D eigenvalue weighted by Gasteiger charge is -2.20. The Hall–Kier alpha value is -2.62. The summed E-state index contributed by atoms with van der Waals surface area (Å²) in [5.41, 5.74) is 2.81. The molecule has 0 saturated carbocycles. The first-order valence-corrected chi connectivity index (χ1v) is 9.34. The average molecular weight is 368 g/mol. The van der Waals surface area contributed by atoms with E-state index in [0.717, 1.165) is 16.7 Å². The summed E-state index contributed by atoms with van der Waals surface area (Å²) in [5, 5.41) is 9.53. The maximum Gasteiger partial charge on any atom is 0.306 e. The third-order valence-corrected chi connectivity index (χ3v) is 4.33. The number of carbonyl (C=O) groups excluding carboxylic acids is 1. The van der Waals surface area contributed by atoms with Crippen LogP contribution >= 0.6 is 0 Å². The highest BCUT2D eigenvalue weighted by atomic mass is 16.6. The van der Waals surface area contributed by atoms with Crippen LogP contribution in [0.25, 0.3) is 11.1 Å². The summed E-state index contributed by atoms with van der Waals surface area (Å²) in [5.74, 6) is -1.78. The van der Waals surface area contributed by atoms with Crippen molar-refractivity contribution in [3.05, 3.63) is 60.2 Å². The summed E-state index contributed by atoms with van der Waals surface area (Å²) < 4.78 is 5.28. The van der Waals surface area contributed by atoms with Crippen molar-refractivity contribution in [3.63, 3.8) is 0 Å². The van der Waals surface area contributed by atoms with E-state index in [1.807, 2.05) is 36.4 Å². The fourth-order valence-electron chi connectivity index (χ4n) is 3.04. The van der Waals surface area contributed by atoms with Crippen LogP contribution in [0.2, 0.25) is 0 Å². The van der Waals surface area contributed by atoms with E-state index in [1.54, 1.807) is 20.8 Å². The number of benzene rings is 2. The van der Waals surface area contributed by atoms with Crippen molar-refractivity contribution in [2.75, 3.05) is 0 Å². The van der Waals surface area contributed by atoms with Gasteiger partial charge < -0.3 is 9.84 Å². The molecule has 2 aromatic rings. The van der Waals surface area contributed by atoms with E-state index in [-0.39, 0.29) is 18.8 Å². The Kier molecular flexibility index (Phi) is 7.17. The standard InChI is InChI=1S/C23H28O4/c1-23(2,3)27-21(24)16-15-19(22(25)26)14-13-18-11-7-8-12-20(18)17-9-5-4-6-10-17/h4-12,19H,13-16H2,1-3H3,(H,25,26)/t19-/m1/s1. The molecule has 0 heterocycles. The Labute approximate surface area is 161 Å². The second-order valence-corrected chi connectivity index (χ2v) is 7.72. The van der Waals surface area contributed by atoms with E-state index in [1.165, 1.54) is 0 Å². The molecule has 27 heavy (non-hydrogen) atoms. The molecule has 4 nitrogen and oxygen atoms in total. The highest BCUT2D eigenvalue weighted by Gasteiger charge is 2.22. The summed E-state index contributed by atoms with van der Waals surface area (Å²) >= 11 is 0. The van der Waals surface area contributed by atoms with Crippen LogP contribution in [0.3, 0.4) is 0 Å². The molecule has 0 aliphatic rings. The van der Waals surface area contributed by atoms with Crippen molar-refractivity contribution in [2.24, 2.45) is 5.92 Å². The molecule has 0 bridgehead atoms. The maximum atomic E-state index is 11.9. The van der Waals surface area contributed by atoms with Crippen molar-refractivity contribution in [1.29, 1.82) is 0 Å². The van der Waals surface area contributed by atoms with Crippen LogP contribution in [0.15, 0.2) is 54.6 Å². The molecule has 0 unspecified atom stereocenters. The fraction of sp³-hybridized carbons (Fsp3) is 0.391. The average Bonchev–Trinajstić information content (AvgIpc) is 2.61. The first-order valence-electron chi connectivity index (χ1n) is 9.34. The van der Waals surface area contributed by atoms with Crippen molar-refractivity contribution in [1.82, 2.24) is 0 Å². The molecule has 2 rings (SSSR count). The fourth-order valence-corrected chi connectivity index (χ4v) is 3.04. The van der Waals surface area contributed by atoms with Gasteiger partial charge >= 0.3 is 11.9 Å². The van der Waals surface area contributed by atoms with E-state index in [2.05, 4.69) is 18.2 Å². The molecule has 0 aliphatic heterocycles. The Morgan fingerprint density at radius 3 is 2.22 bits per heavy atom. The molecule has 0 aromatic heterocycles. The Balaban J connectivity index is 2.01. The molecule has 1 atom stereocenters. The number of ether oxygens (including phenoxy) is 1. The number of carboxylic acids is 1. The van der Waals surface area contributed by atoms with Crippen molar-refractivity contribution in [2.45, 2.75) is 52.1 Å². The van der Waals surface area contributed by atoms with E-state index < -0.39 is 17.5 Å². The second-order valence-electron chi connectivity index (χ2n) is 7.72. The number of aliphatic carboxylic acids is 1. The minimum atomic E-state index is -0.865. The SMILES string of the molecule is CC(C)(C)OC(=O)CC[C@@H](CCc1ccccc1-c1ccccc1)C(=O)O. The highest BCUT2D eigenvalue weighted by Crippen LogP contribution is 2.26. The third-order valence-electron chi connectivity index (χ3n) is 4.33. The van der Waals surface area contributed by atoms with Crippen LogP contribution in [0.4, 0.5) is 0 Å². The lowest BCUT2D eigenvalue weighted by atomic mass is 9.91. The van der Waals surface area contributed by atoms with Crippen LogP contribution in [0.5, 0.6) is 0 Å². The predicted octanol–water partition coefficient (Wildman–Crippen LogP) is 5.11. The molecule has 0 aliphatic carbocycles. The number of carboxylic acid groups (broad SMARTS) is 1. The van der Waals surface area contributed by atoms with Gasteiger partial charge in [0.15, 0.2) is 0 Å². The van der Waals surface area contributed by atoms with Crippen LogP contribution in [0, 0.1) is 5.92 Å². The first kappa shape index (κ1) is 20.7. The van der Waals surface area contributed by atoms with E-state index in [9.17, 15) is 14.7 Å². The smallest absolute Gasteiger partial charge is 0.306 e. The molecule has 1 N–H and O–H groups in total. The van der Waals surface area contributed by atoms with Crippen LogP contribution in [-0.2, 0) is 20.7 Å². The summed E-state index contributed by atoms with van der Waals surface area (Å²) in [7, 11) is 0. The predicted molar refractivity (Wildman–Crippen MR) is 106 cm³/mol. The van der Waals surface area contributed by atoms with Crippen LogP contribution in [-0.4, -0.2) is 22.6 Å². The summed E-state index contributed by atoms with van der Waals surface area (Å²) in [6, 6.07) is 18.1. The van der Waals surface area contributed by atoms with Crippen molar-refractivity contribution < 1.29 is 19.4 Å². The lowest BCUT2D eigenvalue weighted by Crippen LogP contribution is -2.25. The van der Waals surface area contributed by atoms with Gasteiger partial charge in [0.1, 0.15) is 5.60 Å². The molecule has 0 spiro atoms. The zero-order chi connectivity index (χ0) is 19.9. The van der Waals surface area contributed by atoms with Gasteiger partial charge in [0.2, 0.25) is 0 Å². The third kappa shape index (κ3) is 6.89. The van der Waals surface area contributed by atoms with E-state index in [4.69, 9.17) is 4.74 Å². The number of hydrogen-bond acceptors (Lipinski definition) is 3. The topological polar surface area (TPSA) is 63.6 Å². The first-order chi connectivity index (χ1) is 12.8. The minimum absolute atomic E-state index is 0.120. The number of esters is 1. The molecule has 0 radical (unpaired) electrons. The summed E-state index contributed by atoms with van der Waals surface area (Å²) in [4.78, 5) is 23.5. The lowest BCUT2D eigenvalue weighted by molar-refractivity contribution is -0.155. The number of carbonyl (C=O) groups is 2. The van der Waals surface area contributed by atoms with E-state index in [0.29, 0.717) is 12.8 Å². The number of aryl methyl sites for hydroxylation is 1. The van der Waals surface area contributed by atoms with Gasteiger partial charge in [-0.15, -0.1) is 0 Å². The van der Waals surface area contributed by atoms with Gasteiger partial charge in [-0.25, -0.2) is 0 Å². The molecular weight excluding hydrogens is 340 g/mol. The molecule has 144 valence electrons. The largest absolute Gasteiger partial charge is 0.481 e. The number of hydrogen-bond donors (Lipinski definition) is 1. The van der Waals surface area contributed by atoms with Crippen LogP contribution < -0.4 is 0 Å². The monoisotopic (exact) mass is 368 g/mol. The van der Waals surface area contributed by atoms with Crippen molar-refractivity contribution in [3.8, 4) is 11.1 Å². The summed E-state index contributed by atoms with van der Waals surface area (Å²) in [6.07, 6.45) is 1.55. The van der Waals surface area contributed by atoms with Crippen LogP contribution in [0.1, 0.15) is 45.6 Å². The normalized spacial score (nSPS) is 12.4. The van der Waals surface area contributed by atoms with Gasteiger partial charge in [0, 0.05) is 6.42 Å². The van der Waals surface area contributed by atoms with Gasteiger partial charge in [0.25, 0.3) is 0 Å². The molecule has 0 fully saturated rings.